The third-order valence-electron chi connectivity index (χ3n) is 2.08. The van der Waals surface area contributed by atoms with E-state index >= 15 is 0 Å². The Morgan fingerprint density at radius 2 is 1.94 bits per heavy atom. The van der Waals surface area contributed by atoms with Gasteiger partial charge in [0.2, 0.25) is 0 Å². The van der Waals surface area contributed by atoms with Crippen LogP contribution in [0.25, 0.3) is 0 Å². The number of benzene rings is 1. The maximum absolute atomic E-state index is 11.7. The molecule has 0 aliphatic carbocycles. The molecule has 0 saturated heterocycles. The number of aliphatic hydroxyl groups excluding tert-OH is 1. The van der Waals surface area contributed by atoms with E-state index in [-0.39, 0.29) is 0 Å². The molecule has 0 spiro atoms. The summed E-state index contributed by atoms with van der Waals surface area (Å²) in [6, 6.07) is 5.58. The fourth-order valence-electron chi connectivity index (χ4n) is 1.16. The Hall–Kier alpha value is -2.48. The van der Waals surface area contributed by atoms with Crippen LogP contribution in [0.1, 0.15) is 15.9 Å². The summed E-state index contributed by atoms with van der Waals surface area (Å²) in [5.41, 5.74) is 6.41. The van der Waals surface area contributed by atoms with Gasteiger partial charge >= 0.3 is 0 Å². The lowest BCUT2D eigenvalue weighted by molar-refractivity contribution is -0.118. The fourth-order valence-corrected chi connectivity index (χ4v) is 1.16. The highest BCUT2D eigenvalue weighted by Crippen LogP contribution is 2.03. The van der Waals surface area contributed by atoms with Gasteiger partial charge in [0.25, 0.3) is 11.8 Å². The summed E-state index contributed by atoms with van der Waals surface area (Å²) in [4.78, 5) is 22.6. The first-order chi connectivity index (χ1) is 8.04. The third-order valence-corrected chi connectivity index (χ3v) is 2.08. The van der Waals surface area contributed by atoms with Crippen LogP contribution in [0, 0.1) is 19.0 Å². The van der Waals surface area contributed by atoms with E-state index in [1.54, 1.807) is 30.4 Å². The highest BCUT2D eigenvalue weighted by molar-refractivity contribution is 5.98. The number of carbonyl (C=O) groups is 2. The molecule has 0 heterocycles. The lowest BCUT2D eigenvalue weighted by atomic mass is 10.1. The summed E-state index contributed by atoms with van der Waals surface area (Å²) in [5, 5.41) is 10.7. The Bertz CT molecular complexity index is 483. The SMILES string of the molecule is Cc1ccc(C(=O)NC(C#CO)C(N)=O)cc1. The molecule has 1 unspecified atom stereocenters. The smallest absolute Gasteiger partial charge is 0.252 e. The van der Waals surface area contributed by atoms with E-state index in [2.05, 4.69) is 11.2 Å². The van der Waals surface area contributed by atoms with Crippen molar-refractivity contribution < 1.29 is 14.7 Å². The van der Waals surface area contributed by atoms with Crippen LogP contribution in [-0.2, 0) is 4.79 Å². The Balaban J connectivity index is 2.79. The summed E-state index contributed by atoms with van der Waals surface area (Å²) in [7, 11) is 0. The molecule has 5 heteroatoms. The molecule has 1 rings (SSSR count). The molecular formula is C12H12N2O3. The van der Waals surface area contributed by atoms with Crippen LogP contribution in [0.2, 0.25) is 0 Å². The van der Waals surface area contributed by atoms with E-state index < -0.39 is 17.9 Å². The number of carbonyl (C=O) groups excluding carboxylic acids is 2. The van der Waals surface area contributed by atoms with Crippen molar-refractivity contribution in [3.05, 3.63) is 35.4 Å². The minimum atomic E-state index is -1.20. The lowest BCUT2D eigenvalue weighted by Crippen LogP contribution is -2.43. The number of primary amides is 1. The van der Waals surface area contributed by atoms with Gasteiger partial charge in [0.05, 0.1) is 0 Å². The highest BCUT2D eigenvalue weighted by Gasteiger charge is 2.16. The monoisotopic (exact) mass is 232 g/mol. The maximum atomic E-state index is 11.7. The number of aliphatic hydroxyl groups is 1. The van der Waals surface area contributed by atoms with Crippen molar-refractivity contribution in [1.82, 2.24) is 5.32 Å². The van der Waals surface area contributed by atoms with Crippen LogP contribution in [0.3, 0.4) is 0 Å². The summed E-state index contributed by atoms with van der Waals surface area (Å²) >= 11 is 0. The second-order valence-corrected chi connectivity index (χ2v) is 3.43. The van der Waals surface area contributed by atoms with Gasteiger partial charge in [-0.05, 0) is 25.0 Å². The van der Waals surface area contributed by atoms with Crippen molar-refractivity contribution >= 4 is 11.8 Å². The number of hydrogen-bond acceptors (Lipinski definition) is 3. The van der Waals surface area contributed by atoms with Crippen molar-refractivity contribution in [3.8, 4) is 12.0 Å². The second kappa shape index (κ2) is 5.56. The molecule has 0 saturated carbocycles. The fraction of sp³-hybridized carbons (Fsp3) is 0.167. The van der Waals surface area contributed by atoms with Gasteiger partial charge in [-0.25, -0.2) is 0 Å². The van der Waals surface area contributed by atoms with Gasteiger partial charge in [-0.1, -0.05) is 17.7 Å². The minimum Gasteiger partial charge on any atom is -0.462 e. The van der Waals surface area contributed by atoms with Crippen LogP contribution >= 0.6 is 0 Å². The van der Waals surface area contributed by atoms with Gasteiger partial charge in [0.1, 0.15) is 6.11 Å². The summed E-state index contributed by atoms with van der Waals surface area (Å²) < 4.78 is 0. The lowest BCUT2D eigenvalue weighted by Gasteiger charge is -2.09. The topological polar surface area (TPSA) is 92.4 Å². The molecule has 0 bridgehead atoms. The Morgan fingerprint density at radius 3 is 2.41 bits per heavy atom. The van der Waals surface area contributed by atoms with Gasteiger partial charge in [-0.3, -0.25) is 9.59 Å². The van der Waals surface area contributed by atoms with E-state index in [0.29, 0.717) is 5.56 Å². The molecule has 0 aromatic heterocycles. The normalized spacial score (nSPS) is 10.9. The first kappa shape index (κ1) is 12.6. The molecule has 0 aliphatic rings. The van der Waals surface area contributed by atoms with Gasteiger partial charge < -0.3 is 16.2 Å². The van der Waals surface area contributed by atoms with Crippen LogP contribution in [0.4, 0.5) is 0 Å². The Labute approximate surface area is 98.6 Å². The number of nitrogens with one attached hydrogen (secondary N) is 1. The third kappa shape index (κ3) is 3.54. The van der Waals surface area contributed by atoms with Gasteiger partial charge in [0, 0.05) is 5.56 Å². The molecule has 0 aliphatic heterocycles. The maximum Gasteiger partial charge on any atom is 0.252 e. The number of rotatable bonds is 3. The zero-order valence-electron chi connectivity index (χ0n) is 9.23. The second-order valence-electron chi connectivity index (χ2n) is 3.43. The highest BCUT2D eigenvalue weighted by atomic mass is 16.2. The number of amides is 2. The van der Waals surface area contributed by atoms with Gasteiger partial charge in [-0.2, -0.15) is 0 Å². The summed E-state index contributed by atoms with van der Waals surface area (Å²) in [6.45, 7) is 1.89. The number of aryl methyl sites for hydroxylation is 1. The molecule has 1 aromatic rings. The van der Waals surface area contributed by atoms with Crippen molar-refractivity contribution in [2.75, 3.05) is 0 Å². The molecule has 17 heavy (non-hydrogen) atoms. The first-order valence-corrected chi connectivity index (χ1v) is 4.86. The predicted octanol–water partition coefficient (Wildman–Crippen LogP) is -0.0879. The van der Waals surface area contributed by atoms with Crippen molar-refractivity contribution in [2.24, 2.45) is 5.73 Å². The van der Waals surface area contributed by atoms with Crippen molar-refractivity contribution in [3.63, 3.8) is 0 Å². The molecular weight excluding hydrogens is 220 g/mol. The predicted molar refractivity (Wildman–Crippen MR) is 61.3 cm³/mol. The zero-order valence-corrected chi connectivity index (χ0v) is 9.23. The van der Waals surface area contributed by atoms with Crippen molar-refractivity contribution in [2.45, 2.75) is 13.0 Å². The summed E-state index contributed by atoms with van der Waals surface area (Å²) in [5.74, 6) is 0.791. The molecule has 1 atom stereocenters. The molecule has 0 fully saturated rings. The standard InChI is InChI=1S/C12H12N2O3/c1-8-2-4-9(5-3-8)12(17)14-10(6-7-15)11(13)16/h2-5,10,15H,1H3,(H2,13,16)(H,14,17). The summed E-state index contributed by atoms with van der Waals surface area (Å²) in [6.07, 6.45) is 1.55. The van der Waals surface area contributed by atoms with Crippen LogP contribution in [-0.4, -0.2) is 23.0 Å². The quantitative estimate of drug-likeness (QED) is 0.636. The number of hydrogen-bond donors (Lipinski definition) is 3. The average molecular weight is 232 g/mol. The molecule has 1 aromatic carbocycles. The number of nitrogens with two attached hydrogens (primary N) is 1. The zero-order chi connectivity index (χ0) is 12.8. The minimum absolute atomic E-state index is 0.390. The van der Waals surface area contributed by atoms with Gasteiger partial charge in [0.15, 0.2) is 6.04 Å². The Morgan fingerprint density at radius 1 is 1.35 bits per heavy atom. The van der Waals surface area contributed by atoms with Crippen LogP contribution in [0.15, 0.2) is 24.3 Å². The van der Waals surface area contributed by atoms with Crippen molar-refractivity contribution in [1.29, 1.82) is 0 Å². The first-order valence-electron chi connectivity index (χ1n) is 4.86. The van der Waals surface area contributed by atoms with E-state index in [9.17, 15) is 9.59 Å². The molecule has 4 N–H and O–H groups in total. The van der Waals surface area contributed by atoms with Crippen LogP contribution in [0.5, 0.6) is 0 Å². The van der Waals surface area contributed by atoms with Crippen LogP contribution < -0.4 is 11.1 Å². The van der Waals surface area contributed by atoms with E-state index in [0.717, 1.165) is 5.56 Å². The largest absolute Gasteiger partial charge is 0.462 e. The average Bonchev–Trinajstić information content (AvgIpc) is 2.29. The Kier molecular flexibility index (Phi) is 4.12. The van der Waals surface area contributed by atoms with E-state index in [1.165, 1.54) is 0 Å². The molecule has 2 amide bonds. The van der Waals surface area contributed by atoms with E-state index in [1.807, 2.05) is 6.92 Å². The van der Waals surface area contributed by atoms with E-state index in [4.69, 9.17) is 10.8 Å². The molecule has 5 nitrogen and oxygen atoms in total. The van der Waals surface area contributed by atoms with Gasteiger partial charge in [-0.15, -0.1) is 0 Å². The molecule has 88 valence electrons. The molecule has 0 radical (unpaired) electrons.